The minimum Gasteiger partial charge on any atom is -0.383 e. The summed E-state index contributed by atoms with van der Waals surface area (Å²) in [6.07, 6.45) is 2.15. The lowest BCUT2D eigenvalue weighted by Crippen LogP contribution is -2.26. The Balaban J connectivity index is 1.71. The van der Waals surface area contributed by atoms with Gasteiger partial charge >= 0.3 is 0 Å². The molecule has 1 aliphatic carbocycles. The average molecular weight is 376 g/mol. The Morgan fingerprint density at radius 3 is 2.81 bits per heavy atom. The van der Waals surface area contributed by atoms with Gasteiger partial charge in [0.2, 0.25) is 0 Å². The summed E-state index contributed by atoms with van der Waals surface area (Å²) in [7, 11) is 3.30. The third-order valence-electron chi connectivity index (χ3n) is 4.12. The first-order chi connectivity index (χ1) is 12.7. The van der Waals surface area contributed by atoms with Crippen LogP contribution in [0.2, 0.25) is 0 Å². The van der Waals surface area contributed by atoms with Crippen molar-refractivity contribution < 1.29 is 14.3 Å². The molecule has 0 unspecified atom stereocenters. The van der Waals surface area contributed by atoms with Crippen LogP contribution in [0.15, 0.2) is 29.4 Å². The van der Waals surface area contributed by atoms with E-state index in [0.717, 1.165) is 34.9 Å². The standard InChI is InChI=1S/C18H24N4O3S/c1-24-10-9-22-16(11-25-2)20-21-18(22)26-12-13-5-3-4-6-15(13)17(23)19-14-7-8-14/h3-6,14H,7-12H2,1-2H3,(H,19,23). The zero-order valence-corrected chi connectivity index (χ0v) is 15.9. The number of aromatic nitrogens is 3. The molecule has 0 bridgehead atoms. The van der Waals surface area contributed by atoms with Crippen molar-refractivity contribution in [2.24, 2.45) is 0 Å². The smallest absolute Gasteiger partial charge is 0.251 e. The van der Waals surface area contributed by atoms with E-state index >= 15 is 0 Å². The topological polar surface area (TPSA) is 78.3 Å². The molecule has 8 heteroatoms. The fourth-order valence-corrected chi connectivity index (χ4v) is 3.56. The number of benzene rings is 1. The van der Waals surface area contributed by atoms with Gasteiger partial charge in [-0.3, -0.25) is 4.79 Å². The van der Waals surface area contributed by atoms with Crippen LogP contribution < -0.4 is 5.32 Å². The van der Waals surface area contributed by atoms with Gasteiger partial charge in [0.1, 0.15) is 6.61 Å². The highest BCUT2D eigenvalue weighted by Crippen LogP contribution is 2.25. The van der Waals surface area contributed by atoms with Gasteiger partial charge in [0.25, 0.3) is 5.91 Å². The van der Waals surface area contributed by atoms with Gasteiger partial charge in [-0.2, -0.15) is 0 Å². The molecule has 26 heavy (non-hydrogen) atoms. The highest BCUT2D eigenvalue weighted by Gasteiger charge is 2.24. The van der Waals surface area contributed by atoms with Gasteiger partial charge in [0.15, 0.2) is 11.0 Å². The van der Waals surface area contributed by atoms with Crippen molar-refractivity contribution in [2.45, 2.75) is 42.9 Å². The number of methoxy groups -OCH3 is 2. The molecule has 0 radical (unpaired) electrons. The summed E-state index contributed by atoms with van der Waals surface area (Å²) in [5.74, 6) is 1.42. The fourth-order valence-electron chi connectivity index (χ4n) is 2.57. The van der Waals surface area contributed by atoms with Gasteiger partial charge in [0, 0.05) is 38.1 Å². The van der Waals surface area contributed by atoms with Gasteiger partial charge in [0.05, 0.1) is 6.61 Å². The number of ether oxygens (including phenoxy) is 2. The third kappa shape index (κ3) is 4.84. The highest BCUT2D eigenvalue weighted by atomic mass is 32.2. The van der Waals surface area contributed by atoms with Crippen LogP contribution in [0.25, 0.3) is 0 Å². The van der Waals surface area contributed by atoms with E-state index in [1.807, 2.05) is 28.8 Å². The molecule has 3 rings (SSSR count). The number of carbonyl (C=O) groups is 1. The van der Waals surface area contributed by atoms with Crippen LogP contribution in [0, 0.1) is 0 Å². The molecule has 1 N–H and O–H groups in total. The van der Waals surface area contributed by atoms with E-state index < -0.39 is 0 Å². The quantitative estimate of drug-likeness (QED) is 0.641. The van der Waals surface area contributed by atoms with Crippen molar-refractivity contribution in [3.05, 3.63) is 41.2 Å². The van der Waals surface area contributed by atoms with Crippen molar-refractivity contribution in [1.82, 2.24) is 20.1 Å². The molecule has 1 aromatic carbocycles. The summed E-state index contributed by atoms with van der Waals surface area (Å²) in [5, 5.41) is 12.3. The number of hydrogen-bond donors (Lipinski definition) is 1. The predicted molar refractivity (Wildman–Crippen MR) is 99.1 cm³/mol. The molecular weight excluding hydrogens is 352 g/mol. The Labute approximate surface area is 157 Å². The molecule has 0 saturated heterocycles. The molecule has 1 saturated carbocycles. The SMILES string of the molecule is COCCn1c(COC)nnc1SCc1ccccc1C(=O)NC1CC1. The second-order valence-corrected chi connectivity index (χ2v) is 7.11. The summed E-state index contributed by atoms with van der Waals surface area (Å²) in [5.41, 5.74) is 1.72. The summed E-state index contributed by atoms with van der Waals surface area (Å²) >= 11 is 1.56. The fraction of sp³-hybridized carbons (Fsp3) is 0.500. The Hall–Kier alpha value is -1.90. The second-order valence-electron chi connectivity index (χ2n) is 6.17. The van der Waals surface area contributed by atoms with Gasteiger partial charge in [-0.15, -0.1) is 10.2 Å². The molecule has 0 aliphatic heterocycles. The van der Waals surface area contributed by atoms with Gasteiger partial charge in [-0.05, 0) is 24.5 Å². The zero-order valence-electron chi connectivity index (χ0n) is 15.1. The first-order valence-corrected chi connectivity index (χ1v) is 9.63. The van der Waals surface area contributed by atoms with Crippen molar-refractivity contribution in [1.29, 1.82) is 0 Å². The second kappa shape index (κ2) is 9.16. The lowest BCUT2D eigenvalue weighted by Gasteiger charge is -2.11. The monoisotopic (exact) mass is 376 g/mol. The van der Waals surface area contributed by atoms with Crippen molar-refractivity contribution in [3.8, 4) is 0 Å². The molecule has 1 fully saturated rings. The molecule has 1 amide bonds. The van der Waals surface area contributed by atoms with Crippen LogP contribution in [0.1, 0.15) is 34.6 Å². The van der Waals surface area contributed by atoms with Gasteiger partial charge < -0.3 is 19.4 Å². The molecule has 140 valence electrons. The summed E-state index contributed by atoms with van der Waals surface area (Å²) in [6, 6.07) is 8.06. The summed E-state index contributed by atoms with van der Waals surface area (Å²) in [4.78, 5) is 12.4. The Morgan fingerprint density at radius 2 is 2.08 bits per heavy atom. The number of amides is 1. The molecule has 7 nitrogen and oxygen atoms in total. The molecule has 1 heterocycles. The van der Waals surface area contributed by atoms with Gasteiger partial charge in [-0.25, -0.2) is 0 Å². The van der Waals surface area contributed by atoms with E-state index in [4.69, 9.17) is 9.47 Å². The Bertz CT molecular complexity index is 746. The number of hydrogen-bond acceptors (Lipinski definition) is 6. The predicted octanol–water partition coefficient (Wildman–Crippen LogP) is 2.26. The molecule has 0 spiro atoms. The van der Waals surface area contributed by atoms with E-state index in [0.29, 0.717) is 31.6 Å². The minimum absolute atomic E-state index is 0.00428. The van der Waals surface area contributed by atoms with Crippen molar-refractivity contribution >= 4 is 17.7 Å². The van der Waals surface area contributed by atoms with Crippen LogP contribution >= 0.6 is 11.8 Å². The van der Waals surface area contributed by atoms with Crippen LogP contribution in [0.3, 0.4) is 0 Å². The van der Waals surface area contributed by atoms with Crippen molar-refractivity contribution in [3.63, 3.8) is 0 Å². The Morgan fingerprint density at radius 1 is 1.27 bits per heavy atom. The maximum atomic E-state index is 12.4. The maximum absolute atomic E-state index is 12.4. The molecular formula is C18H24N4O3S. The normalized spacial score (nSPS) is 13.8. The van der Waals surface area contributed by atoms with E-state index in [2.05, 4.69) is 15.5 Å². The zero-order chi connectivity index (χ0) is 18.4. The first kappa shape index (κ1) is 18.9. The highest BCUT2D eigenvalue weighted by molar-refractivity contribution is 7.98. The number of rotatable bonds is 10. The van der Waals surface area contributed by atoms with E-state index in [1.165, 1.54) is 0 Å². The average Bonchev–Trinajstić information content (AvgIpc) is 3.39. The van der Waals surface area contributed by atoms with Crippen molar-refractivity contribution in [2.75, 3.05) is 20.8 Å². The van der Waals surface area contributed by atoms with E-state index in [-0.39, 0.29) is 5.91 Å². The number of nitrogens with zero attached hydrogens (tertiary/aromatic N) is 3. The number of nitrogens with one attached hydrogen (secondary N) is 1. The lowest BCUT2D eigenvalue weighted by molar-refractivity contribution is 0.0950. The maximum Gasteiger partial charge on any atom is 0.251 e. The number of carbonyl (C=O) groups excluding carboxylic acids is 1. The van der Waals surface area contributed by atoms with Crippen LogP contribution in [0.4, 0.5) is 0 Å². The summed E-state index contributed by atoms with van der Waals surface area (Å²) < 4.78 is 12.4. The molecule has 1 aromatic heterocycles. The first-order valence-electron chi connectivity index (χ1n) is 8.64. The van der Waals surface area contributed by atoms with Crippen LogP contribution in [0.5, 0.6) is 0 Å². The molecule has 1 aliphatic rings. The third-order valence-corrected chi connectivity index (χ3v) is 5.13. The van der Waals surface area contributed by atoms with E-state index in [1.54, 1.807) is 26.0 Å². The summed E-state index contributed by atoms with van der Waals surface area (Å²) in [6.45, 7) is 1.63. The minimum atomic E-state index is 0.00428. The number of thioether (sulfide) groups is 1. The molecule has 0 atom stereocenters. The largest absolute Gasteiger partial charge is 0.383 e. The van der Waals surface area contributed by atoms with Gasteiger partial charge in [-0.1, -0.05) is 30.0 Å². The molecule has 2 aromatic rings. The van der Waals surface area contributed by atoms with E-state index in [9.17, 15) is 4.79 Å². The van der Waals surface area contributed by atoms with Crippen LogP contribution in [-0.2, 0) is 28.4 Å². The Kier molecular flexibility index (Phi) is 6.65. The lowest BCUT2D eigenvalue weighted by atomic mass is 10.1. The van der Waals surface area contributed by atoms with Crippen LogP contribution in [-0.4, -0.2) is 47.5 Å².